The molecule has 0 aromatic carbocycles. The molecule has 0 aromatic rings. The zero-order chi connectivity index (χ0) is 9.10. The normalized spacial score (nSPS) is 52.5. The van der Waals surface area contributed by atoms with Gasteiger partial charge >= 0.3 is 0 Å². The van der Waals surface area contributed by atoms with Crippen molar-refractivity contribution in [2.75, 3.05) is 0 Å². The first-order valence-corrected chi connectivity index (χ1v) is 5.71. The van der Waals surface area contributed by atoms with Crippen molar-refractivity contribution in [1.82, 2.24) is 0 Å². The highest BCUT2D eigenvalue weighted by atomic mass is 16.1. The number of carbonyl (C=O) groups is 1. The third-order valence-electron chi connectivity index (χ3n) is 5.39. The fourth-order valence-corrected chi connectivity index (χ4v) is 4.58. The van der Waals surface area contributed by atoms with Crippen molar-refractivity contribution >= 4 is 5.78 Å². The van der Waals surface area contributed by atoms with E-state index < -0.39 is 0 Å². The van der Waals surface area contributed by atoms with Crippen LogP contribution in [0.5, 0.6) is 0 Å². The topological polar surface area (TPSA) is 17.1 Å². The van der Waals surface area contributed by atoms with Crippen LogP contribution >= 0.6 is 0 Å². The molecule has 0 N–H and O–H groups in total. The Morgan fingerprint density at radius 3 is 2.46 bits per heavy atom. The molecule has 72 valence electrons. The third-order valence-corrected chi connectivity index (χ3v) is 5.39. The highest BCUT2D eigenvalue weighted by Crippen LogP contribution is 2.78. The molecule has 1 nitrogen and oxygen atoms in total. The number of Topliss-reactive ketones (excluding diaryl/α,β-unsaturated/α-hetero) is 1. The van der Waals surface area contributed by atoms with Crippen LogP contribution in [0.15, 0.2) is 0 Å². The predicted octanol–water partition coefficient (Wildman–Crippen LogP) is 2.94. The summed E-state index contributed by atoms with van der Waals surface area (Å²) in [6.45, 7) is 1.80. The molecule has 3 aliphatic carbocycles. The molecule has 0 amide bonds. The third kappa shape index (κ3) is 0.693. The second kappa shape index (κ2) is 2.18. The van der Waals surface area contributed by atoms with Crippen LogP contribution in [0.25, 0.3) is 0 Å². The Morgan fingerprint density at radius 2 is 1.92 bits per heavy atom. The maximum atomic E-state index is 11.5. The summed E-state index contributed by atoms with van der Waals surface area (Å²) in [4.78, 5) is 11.5. The molecule has 3 fully saturated rings. The first kappa shape index (κ1) is 8.02. The zero-order valence-corrected chi connectivity index (χ0v) is 8.44. The summed E-state index contributed by atoms with van der Waals surface area (Å²) >= 11 is 0. The van der Waals surface area contributed by atoms with Crippen molar-refractivity contribution in [3.05, 3.63) is 0 Å². The highest BCUT2D eigenvalue weighted by molar-refractivity contribution is 5.81. The molecule has 0 radical (unpaired) electrons. The molecule has 0 aliphatic heterocycles. The van der Waals surface area contributed by atoms with Gasteiger partial charge in [0.15, 0.2) is 0 Å². The quantitative estimate of drug-likeness (QED) is 0.603. The summed E-state index contributed by atoms with van der Waals surface area (Å²) in [6, 6.07) is 0. The molecule has 13 heavy (non-hydrogen) atoms. The van der Waals surface area contributed by atoms with E-state index in [1.807, 2.05) is 0 Å². The van der Waals surface area contributed by atoms with E-state index in [1.54, 1.807) is 6.92 Å². The van der Waals surface area contributed by atoms with Gasteiger partial charge in [-0.15, -0.1) is 0 Å². The second-order valence-corrected chi connectivity index (χ2v) is 5.51. The average Bonchev–Trinajstić information content (AvgIpc) is 2.02. The van der Waals surface area contributed by atoms with Gasteiger partial charge in [0, 0.05) is 5.92 Å². The van der Waals surface area contributed by atoms with E-state index in [0.717, 1.165) is 0 Å². The molecule has 0 heterocycles. The predicted molar refractivity (Wildman–Crippen MR) is 51.4 cm³/mol. The van der Waals surface area contributed by atoms with E-state index in [4.69, 9.17) is 0 Å². The Bertz CT molecular complexity index is 270. The van der Waals surface area contributed by atoms with Crippen LogP contribution in [0, 0.1) is 16.7 Å². The Labute approximate surface area is 79.9 Å². The molecule has 3 atom stereocenters. The van der Waals surface area contributed by atoms with Gasteiger partial charge in [-0.3, -0.25) is 4.79 Å². The molecule has 0 unspecified atom stereocenters. The van der Waals surface area contributed by atoms with Gasteiger partial charge in [0.2, 0.25) is 0 Å². The molecule has 3 rings (SSSR count). The Morgan fingerprint density at radius 1 is 1.15 bits per heavy atom. The van der Waals surface area contributed by atoms with E-state index in [1.165, 1.54) is 44.9 Å². The van der Waals surface area contributed by atoms with Crippen LogP contribution < -0.4 is 0 Å². The van der Waals surface area contributed by atoms with Gasteiger partial charge in [-0.2, -0.15) is 0 Å². The minimum absolute atomic E-state index is 0.460. The van der Waals surface area contributed by atoms with Gasteiger partial charge in [0.25, 0.3) is 0 Å². The van der Waals surface area contributed by atoms with Crippen molar-refractivity contribution in [3.63, 3.8) is 0 Å². The first-order valence-electron chi connectivity index (χ1n) is 5.71. The van der Waals surface area contributed by atoms with Crippen LogP contribution in [-0.2, 0) is 4.79 Å². The minimum atomic E-state index is 0.460. The molecule has 0 aromatic heterocycles. The summed E-state index contributed by atoms with van der Waals surface area (Å²) < 4.78 is 0. The summed E-state index contributed by atoms with van der Waals surface area (Å²) in [5.41, 5.74) is 1.19. The van der Waals surface area contributed by atoms with E-state index >= 15 is 0 Å². The number of rotatable bonds is 1. The molecule has 0 bridgehead atoms. The van der Waals surface area contributed by atoms with Gasteiger partial charge in [0.05, 0.1) is 0 Å². The van der Waals surface area contributed by atoms with Gasteiger partial charge in [-0.05, 0) is 49.9 Å². The van der Waals surface area contributed by atoms with E-state index in [9.17, 15) is 4.79 Å². The molecular formula is C12H18O. The highest BCUT2D eigenvalue weighted by Gasteiger charge is 2.71. The standard InChI is InChI=1S/C12H18O/c1-9(13)10-8-11-4-2-3-5-12(10,11)7-6-11/h10H,2-8H2,1H3/t10-,11+,12-/m1/s1. The average molecular weight is 178 g/mol. The number of ketones is 1. The molecule has 0 spiro atoms. The lowest BCUT2D eigenvalue weighted by Crippen LogP contribution is -2.68. The Balaban J connectivity index is 1.90. The summed E-state index contributed by atoms with van der Waals surface area (Å²) in [7, 11) is 0. The lowest BCUT2D eigenvalue weighted by atomic mass is 9.29. The summed E-state index contributed by atoms with van der Waals surface area (Å²) in [5, 5.41) is 0. The number of hydrogen-bond donors (Lipinski definition) is 0. The van der Waals surface area contributed by atoms with E-state index in [-0.39, 0.29) is 0 Å². The van der Waals surface area contributed by atoms with E-state index in [0.29, 0.717) is 22.5 Å². The molecule has 1 heteroatoms. The zero-order valence-electron chi connectivity index (χ0n) is 8.44. The maximum Gasteiger partial charge on any atom is 0.133 e. The summed E-state index contributed by atoms with van der Waals surface area (Å²) in [5.74, 6) is 0.929. The smallest absolute Gasteiger partial charge is 0.133 e. The monoisotopic (exact) mass is 178 g/mol. The van der Waals surface area contributed by atoms with Crippen molar-refractivity contribution < 1.29 is 4.79 Å². The maximum absolute atomic E-state index is 11.5. The van der Waals surface area contributed by atoms with Gasteiger partial charge in [0.1, 0.15) is 5.78 Å². The van der Waals surface area contributed by atoms with Crippen molar-refractivity contribution in [1.29, 1.82) is 0 Å². The van der Waals surface area contributed by atoms with Gasteiger partial charge in [-0.1, -0.05) is 12.8 Å². The number of hydrogen-bond acceptors (Lipinski definition) is 1. The van der Waals surface area contributed by atoms with Crippen LogP contribution in [0.3, 0.4) is 0 Å². The second-order valence-electron chi connectivity index (χ2n) is 5.51. The van der Waals surface area contributed by atoms with Gasteiger partial charge < -0.3 is 0 Å². The fourth-order valence-electron chi connectivity index (χ4n) is 4.58. The van der Waals surface area contributed by atoms with Crippen LogP contribution in [0.1, 0.15) is 51.9 Å². The van der Waals surface area contributed by atoms with Crippen LogP contribution in [0.4, 0.5) is 0 Å². The van der Waals surface area contributed by atoms with Crippen molar-refractivity contribution in [3.8, 4) is 0 Å². The molecule has 0 saturated heterocycles. The lowest BCUT2D eigenvalue weighted by Gasteiger charge is -2.74. The molecule has 3 aliphatic rings. The minimum Gasteiger partial charge on any atom is -0.300 e. The van der Waals surface area contributed by atoms with Crippen molar-refractivity contribution in [2.45, 2.75) is 51.9 Å². The molecular weight excluding hydrogens is 160 g/mol. The van der Waals surface area contributed by atoms with Crippen LogP contribution in [0.2, 0.25) is 0 Å². The Kier molecular flexibility index (Phi) is 1.35. The summed E-state index contributed by atoms with van der Waals surface area (Å²) in [6.07, 6.45) is 9.61. The van der Waals surface area contributed by atoms with Crippen LogP contribution in [-0.4, -0.2) is 5.78 Å². The van der Waals surface area contributed by atoms with E-state index in [2.05, 4.69) is 0 Å². The fraction of sp³-hybridized carbons (Fsp3) is 0.917. The number of carbonyl (C=O) groups excluding carboxylic acids is 1. The largest absolute Gasteiger partial charge is 0.300 e. The lowest BCUT2D eigenvalue weighted by molar-refractivity contribution is -0.248. The molecule has 3 saturated carbocycles. The Hall–Kier alpha value is -0.330. The van der Waals surface area contributed by atoms with Gasteiger partial charge in [-0.25, -0.2) is 0 Å². The first-order chi connectivity index (χ1) is 6.20. The SMILES string of the molecule is CC(=O)[C@H]1C[C@@]23CCCC[C@@]12CC3. The van der Waals surface area contributed by atoms with Crippen molar-refractivity contribution in [2.24, 2.45) is 16.7 Å².